The molecule has 1 heterocycles. The number of hydrogen-bond donors (Lipinski definition) is 4. The molecule has 0 saturated heterocycles. The first kappa shape index (κ1) is 26.3. The zero-order chi connectivity index (χ0) is 26.6. The van der Waals surface area contributed by atoms with Crippen LogP contribution in [0.5, 0.6) is 5.75 Å². The van der Waals surface area contributed by atoms with E-state index in [1.54, 1.807) is 27.1 Å². The molecule has 3 rings (SSSR count). The summed E-state index contributed by atoms with van der Waals surface area (Å²) in [6, 6.07) is 12.9. The minimum Gasteiger partial charge on any atom is -0.505 e. The van der Waals surface area contributed by atoms with Crippen LogP contribution in [0.2, 0.25) is 0 Å². The van der Waals surface area contributed by atoms with E-state index in [1.165, 1.54) is 24.1 Å². The number of phenolic OH excluding ortho intramolecular Hbond substituents is 1. The van der Waals surface area contributed by atoms with Crippen LogP contribution in [0.3, 0.4) is 0 Å². The number of aromatic hydroxyl groups is 1. The fourth-order valence-electron chi connectivity index (χ4n) is 3.75. The smallest absolute Gasteiger partial charge is 0.279 e. The van der Waals surface area contributed by atoms with Crippen LogP contribution in [0.25, 0.3) is 0 Å². The maximum Gasteiger partial charge on any atom is 0.279 e. The van der Waals surface area contributed by atoms with Crippen molar-refractivity contribution in [2.24, 2.45) is 0 Å². The molecule has 36 heavy (non-hydrogen) atoms. The van der Waals surface area contributed by atoms with E-state index in [0.717, 1.165) is 10.5 Å². The van der Waals surface area contributed by atoms with Crippen LogP contribution in [0.4, 0.5) is 5.69 Å². The van der Waals surface area contributed by atoms with Gasteiger partial charge in [-0.2, -0.15) is 0 Å². The summed E-state index contributed by atoms with van der Waals surface area (Å²) >= 11 is 0. The zero-order valence-corrected chi connectivity index (χ0v) is 21.0. The van der Waals surface area contributed by atoms with E-state index in [1.807, 2.05) is 37.3 Å². The summed E-state index contributed by atoms with van der Waals surface area (Å²) in [5.74, 6) is -2.38. The first-order valence-electron chi connectivity index (χ1n) is 11.6. The van der Waals surface area contributed by atoms with Gasteiger partial charge in [-0.15, -0.1) is 0 Å². The van der Waals surface area contributed by atoms with E-state index in [-0.39, 0.29) is 40.3 Å². The van der Waals surface area contributed by atoms with Gasteiger partial charge in [0.05, 0.1) is 17.3 Å². The summed E-state index contributed by atoms with van der Waals surface area (Å²) < 4.78 is 0. The number of imide groups is 1. The molecule has 0 spiro atoms. The average Bonchev–Trinajstić information content (AvgIpc) is 3.06. The van der Waals surface area contributed by atoms with Gasteiger partial charge < -0.3 is 26.0 Å². The Bertz CT molecular complexity index is 1210. The van der Waals surface area contributed by atoms with E-state index in [2.05, 4.69) is 16.0 Å². The molecule has 1 unspecified atom stereocenters. The molecule has 10 nitrogen and oxygen atoms in total. The maximum absolute atomic E-state index is 13.0. The number of nitrogens with zero attached hydrogens (tertiary/aromatic N) is 2. The highest BCUT2D eigenvalue weighted by molar-refractivity contribution is 6.20. The third kappa shape index (κ3) is 5.32. The van der Waals surface area contributed by atoms with Gasteiger partial charge in [0, 0.05) is 21.1 Å². The van der Waals surface area contributed by atoms with Crippen LogP contribution in [0.1, 0.15) is 42.2 Å². The van der Waals surface area contributed by atoms with Crippen molar-refractivity contribution in [1.82, 2.24) is 20.4 Å². The first-order chi connectivity index (χ1) is 17.1. The van der Waals surface area contributed by atoms with Crippen molar-refractivity contribution in [1.29, 1.82) is 0 Å². The number of anilines is 1. The van der Waals surface area contributed by atoms with Gasteiger partial charge in [0.25, 0.3) is 17.7 Å². The molecular weight excluding hydrogens is 462 g/mol. The fraction of sp³-hybridized carbons (Fsp3) is 0.308. The highest BCUT2D eigenvalue weighted by atomic mass is 16.3. The molecule has 190 valence electrons. The minimum absolute atomic E-state index is 0.0333. The molecule has 1 aliphatic heterocycles. The molecule has 4 N–H and O–H groups in total. The van der Waals surface area contributed by atoms with E-state index >= 15 is 0 Å². The lowest BCUT2D eigenvalue weighted by Crippen LogP contribution is -2.45. The zero-order valence-electron chi connectivity index (χ0n) is 21.0. The van der Waals surface area contributed by atoms with Crippen molar-refractivity contribution in [2.45, 2.75) is 32.4 Å². The first-order valence-corrected chi connectivity index (χ1v) is 11.6. The number of para-hydroxylation sites is 1. The van der Waals surface area contributed by atoms with E-state index in [9.17, 15) is 24.3 Å². The predicted octanol–water partition coefficient (Wildman–Crippen LogP) is 1.96. The second kappa shape index (κ2) is 10.9. The Balaban J connectivity index is 1.88. The second-order valence-corrected chi connectivity index (χ2v) is 8.69. The summed E-state index contributed by atoms with van der Waals surface area (Å²) in [6.07, 6.45) is 0.341. The molecule has 0 aliphatic carbocycles. The average molecular weight is 494 g/mol. The highest BCUT2D eigenvalue weighted by Gasteiger charge is 2.38. The van der Waals surface area contributed by atoms with Gasteiger partial charge in [-0.25, -0.2) is 0 Å². The highest BCUT2D eigenvalue weighted by Crippen LogP contribution is 2.31. The molecule has 0 saturated carbocycles. The molecule has 2 aromatic rings. The van der Waals surface area contributed by atoms with Crippen LogP contribution < -0.4 is 16.0 Å². The molecule has 0 aromatic heterocycles. The Labute approximate surface area is 210 Å². The quantitative estimate of drug-likeness (QED) is 0.310. The normalized spacial score (nSPS) is 15.0. The number of phenols is 1. The van der Waals surface area contributed by atoms with Crippen LogP contribution in [-0.4, -0.2) is 65.7 Å². The van der Waals surface area contributed by atoms with Crippen LogP contribution in [0, 0.1) is 0 Å². The molecule has 4 amide bonds. The topological polar surface area (TPSA) is 131 Å². The summed E-state index contributed by atoms with van der Waals surface area (Å²) in [7, 11) is 4.43. The molecule has 2 atom stereocenters. The molecule has 1 aliphatic rings. The summed E-state index contributed by atoms with van der Waals surface area (Å²) in [6.45, 7) is 3.64. The monoisotopic (exact) mass is 493 g/mol. The molecule has 10 heteroatoms. The Morgan fingerprint density at radius 3 is 2.25 bits per heavy atom. The van der Waals surface area contributed by atoms with Gasteiger partial charge in [-0.3, -0.25) is 24.1 Å². The number of carbonyl (C=O) groups is 4. The van der Waals surface area contributed by atoms with Gasteiger partial charge in [0.2, 0.25) is 5.91 Å². The van der Waals surface area contributed by atoms with Crippen LogP contribution >= 0.6 is 0 Å². The lowest BCUT2D eigenvalue weighted by atomic mass is 10.1. The third-order valence-electron chi connectivity index (χ3n) is 5.92. The van der Waals surface area contributed by atoms with Crippen molar-refractivity contribution >= 4 is 29.3 Å². The Morgan fingerprint density at radius 2 is 1.64 bits per heavy atom. The van der Waals surface area contributed by atoms with Gasteiger partial charge in [0.1, 0.15) is 17.4 Å². The third-order valence-corrected chi connectivity index (χ3v) is 5.92. The summed E-state index contributed by atoms with van der Waals surface area (Å²) in [5, 5.41) is 19.3. The standard InChI is InChI=1S/C26H31N5O5/c1-6-18(23(33)27-15(2)16-11-8-7-9-12-16)28-20-21(26(36)31(5)25(20)35)29-19-14-10-13-17(22(19)32)24(34)30(3)4/h7-15,18,28-29,32H,6H2,1-5H3,(H,27,33)/t15?,18-/m1/s1. The number of nitrogens with one attached hydrogen (secondary N) is 3. The number of amides is 4. The SMILES string of the molecule is CC[C@@H](NC1=C(Nc2cccc(C(=O)N(C)C)c2O)C(=O)N(C)C1=O)C(=O)NC(C)c1ccccc1. The van der Waals surface area contributed by atoms with Crippen LogP contribution in [-0.2, 0) is 14.4 Å². The summed E-state index contributed by atoms with van der Waals surface area (Å²) in [4.78, 5) is 53.3. The molecule has 2 aromatic carbocycles. The lowest BCUT2D eigenvalue weighted by molar-refractivity contribution is -0.136. The van der Waals surface area contributed by atoms with Gasteiger partial charge >= 0.3 is 0 Å². The van der Waals surface area contributed by atoms with Crippen molar-refractivity contribution in [3.8, 4) is 5.75 Å². The van der Waals surface area contributed by atoms with Crippen molar-refractivity contribution in [3.05, 3.63) is 71.1 Å². The number of rotatable bonds is 9. The number of hydrogen-bond acceptors (Lipinski definition) is 7. The Kier molecular flexibility index (Phi) is 7.98. The number of likely N-dealkylation sites (N-methyl/N-ethyl adjacent to an activating group) is 1. The van der Waals surface area contributed by atoms with E-state index < -0.39 is 23.8 Å². The van der Waals surface area contributed by atoms with Crippen LogP contribution in [0.15, 0.2) is 59.9 Å². The Hall–Kier alpha value is -4.34. The van der Waals surface area contributed by atoms with Gasteiger partial charge in [0.15, 0.2) is 5.75 Å². The number of benzene rings is 2. The molecule has 0 bridgehead atoms. The number of carbonyl (C=O) groups excluding carboxylic acids is 4. The van der Waals surface area contributed by atoms with Crippen molar-refractivity contribution in [2.75, 3.05) is 26.5 Å². The Morgan fingerprint density at radius 1 is 1.00 bits per heavy atom. The van der Waals surface area contributed by atoms with E-state index in [4.69, 9.17) is 0 Å². The fourth-order valence-corrected chi connectivity index (χ4v) is 3.75. The lowest BCUT2D eigenvalue weighted by Gasteiger charge is -2.22. The van der Waals surface area contributed by atoms with Crippen molar-refractivity contribution in [3.63, 3.8) is 0 Å². The van der Waals surface area contributed by atoms with Crippen molar-refractivity contribution < 1.29 is 24.3 Å². The summed E-state index contributed by atoms with van der Waals surface area (Å²) in [5.41, 5.74) is 0.807. The molecule has 0 fully saturated rings. The van der Waals surface area contributed by atoms with E-state index in [0.29, 0.717) is 6.42 Å². The second-order valence-electron chi connectivity index (χ2n) is 8.69. The molecule has 0 radical (unpaired) electrons. The largest absolute Gasteiger partial charge is 0.505 e. The molecular formula is C26H31N5O5. The maximum atomic E-state index is 13.0. The minimum atomic E-state index is -0.804. The predicted molar refractivity (Wildman–Crippen MR) is 135 cm³/mol. The van der Waals surface area contributed by atoms with Gasteiger partial charge in [-0.1, -0.05) is 43.3 Å². The van der Waals surface area contributed by atoms with Gasteiger partial charge in [-0.05, 0) is 31.0 Å².